The van der Waals surface area contributed by atoms with Crippen LogP contribution in [-0.2, 0) is 6.54 Å². The summed E-state index contributed by atoms with van der Waals surface area (Å²) in [4.78, 5) is 2.44. The number of thiocarbonyl (C=S) groups is 1. The third-order valence-corrected chi connectivity index (χ3v) is 5.75. The lowest BCUT2D eigenvalue weighted by molar-refractivity contribution is 0.198. The molecule has 2 aromatic rings. The van der Waals surface area contributed by atoms with Crippen molar-refractivity contribution in [2.75, 3.05) is 39.7 Å². The van der Waals surface area contributed by atoms with Crippen LogP contribution in [-0.4, -0.2) is 50.5 Å². The third kappa shape index (κ3) is 6.24. The number of aryl methyl sites for hydroxylation is 2. The second-order valence-electron chi connectivity index (χ2n) is 8.06. The van der Waals surface area contributed by atoms with Gasteiger partial charge in [0.1, 0.15) is 0 Å². The minimum Gasteiger partial charge on any atom is -0.493 e. The van der Waals surface area contributed by atoms with Crippen LogP contribution in [0.5, 0.6) is 17.2 Å². The van der Waals surface area contributed by atoms with Gasteiger partial charge in [0.15, 0.2) is 16.6 Å². The minimum absolute atomic E-state index is 0.377. The van der Waals surface area contributed by atoms with Crippen molar-refractivity contribution in [3.63, 3.8) is 0 Å². The molecule has 1 aliphatic heterocycles. The van der Waals surface area contributed by atoms with Crippen LogP contribution in [0.1, 0.15) is 29.5 Å². The first-order valence-electron chi connectivity index (χ1n) is 10.6. The molecular weight excluding hydrogens is 410 g/mol. The number of hydrogen-bond acceptors (Lipinski definition) is 5. The fourth-order valence-electron chi connectivity index (χ4n) is 4.12. The predicted octanol–water partition coefficient (Wildman–Crippen LogP) is 4.28. The van der Waals surface area contributed by atoms with Crippen molar-refractivity contribution in [2.24, 2.45) is 0 Å². The molecule has 3 rings (SSSR count). The van der Waals surface area contributed by atoms with Crippen LogP contribution in [0.2, 0.25) is 0 Å². The number of hydrogen-bond donors (Lipinski definition) is 2. The van der Waals surface area contributed by atoms with Crippen molar-refractivity contribution in [2.45, 2.75) is 39.3 Å². The van der Waals surface area contributed by atoms with Crippen LogP contribution in [0.15, 0.2) is 30.3 Å². The fraction of sp³-hybridized carbons (Fsp3) is 0.458. The molecule has 2 aromatic carbocycles. The molecule has 0 radical (unpaired) electrons. The summed E-state index contributed by atoms with van der Waals surface area (Å²) in [5.41, 5.74) is 4.64. The van der Waals surface area contributed by atoms with Crippen molar-refractivity contribution in [3.8, 4) is 17.2 Å². The standard InChI is InChI=1S/C24H33N3O3S/c1-16-10-17(2)12-20(11-16)26-24(31)25-19-6-8-27(9-7-19)15-18-13-21(28-3)23(30-5)22(14-18)29-4/h10-14,19H,6-9,15H2,1-5H3,(H2,25,26,31). The normalized spacial score (nSPS) is 14.7. The molecule has 2 N–H and O–H groups in total. The first-order chi connectivity index (χ1) is 14.9. The second-order valence-corrected chi connectivity index (χ2v) is 8.47. The summed E-state index contributed by atoms with van der Waals surface area (Å²) in [7, 11) is 4.91. The highest BCUT2D eigenvalue weighted by molar-refractivity contribution is 7.80. The van der Waals surface area contributed by atoms with Gasteiger partial charge in [-0.1, -0.05) is 6.07 Å². The van der Waals surface area contributed by atoms with Crippen molar-refractivity contribution in [1.82, 2.24) is 10.2 Å². The zero-order valence-corrected chi connectivity index (χ0v) is 19.9. The molecule has 6 nitrogen and oxygen atoms in total. The van der Waals surface area contributed by atoms with Crippen LogP contribution in [0.25, 0.3) is 0 Å². The first kappa shape index (κ1) is 23.2. The summed E-state index contributed by atoms with van der Waals surface area (Å²) in [5.74, 6) is 2.01. The second kappa shape index (κ2) is 10.7. The Morgan fingerprint density at radius 2 is 1.52 bits per heavy atom. The molecule has 0 unspecified atom stereocenters. The molecule has 0 aliphatic carbocycles. The van der Waals surface area contributed by atoms with Crippen LogP contribution in [0.3, 0.4) is 0 Å². The predicted molar refractivity (Wildman–Crippen MR) is 130 cm³/mol. The molecule has 1 aliphatic rings. The average Bonchev–Trinajstić information content (AvgIpc) is 2.73. The van der Waals surface area contributed by atoms with E-state index >= 15 is 0 Å². The summed E-state index contributed by atoms with van der Waals surface area (Å²) in [6, 6.07) is 10.8. The highest BCUT2D eigenvalue weighted by atomic mass is 32.1. The summed E-state index contributed by atoms with van der Waals surface area (Å²) >= 11 is 5.54. The number of anilines is 1. The van der Waals surface area contributed by atoms with Gasteiger partial charge >= 0.3 is 0 Å². The van der Waals surface area contributed by atoms with E-state index < -0.39 is 0 Å². The van der Waals surface area contributed by atoms with Gasteiger partial charge in [0.25, 0.3) is 0 Å². The quantitative estimate of drug-likeness (QED) is 0.620. The number of benzene rings is 2. The molecule has 0 spiro atoms. The van der Waals surface area contributed by atoms with Gasteiger partial charge in [-0.3, -0.25) is 4.90 Å². The van der Waals surface area contributed by atoms with E-state index in [2.05, 4.69) is 47.6 Å². The van der Waals surface area contributed by atoms with Crippen molar-refractivity contribution < 1.29 is 14.2 Å². The van der Waals surface area contributed by atoms with Crippen molar-refractivity contribution in [1.29, 1.82) is 0 Å². The Hall–Kier alpha value is -2.51. The Bertz CT molecular complexity index is 866. The number of likely N-dealkylation sites (tertiary alicyclic amines) is 1. The van der Waals surface area contributed by atoms with Crippen LogP contribution in [0, 0.1) is 13.8 Å². The van der Waals surface area contributed by atoms with E-state index in [1.54, 1.807) is 21.3 Å². The lowest BCUT2D eigenvalue weighted by Gasteiger charge is -2.33. The molecule has 1 fully saturated rings. The number of nitrogens with one attached hydrogen (secondary N) is 2. The zero-order chi connectivity index (χ0) is 22.4. The summed E-state index contributed by atoms with van der Waals surface area (Å²) in [5, 5.41) is 7.49. The van der Waals surface area contributed by atoms with E-state index in [0.29, 0.717) is 28.4 Å². The molecule has 168 valence electrons. The number of rotatable bonds is 7. The fourth-order valence-corrected chi connectivity index (χ4v) is 4.40. The molecule has 0 amide bonds. The minimum atomic E-state index is 0.377. The van der Waals surface area contributed by atoms with E-state index in [1.807, 2.05) is 12.1 Å². The maximum absolute atomic E-state index is 5.54. The molecule has 7 heteroatoms. The average molecular weight is 444 g/mol. The van der Waals surface area contributed by atoms with Gasteiger partial charge in [0, 0.05) is 31.4 Å². The van der Waals surface area contributed by atoms with E-state index in [-0.39, 0.29) is 0 Å². The highest BCUT2D eigenvalue weighted by Crippen LogP contribution is 2.38. The third-order valence-electron chi connectivity index (χ3n) is 5.53. The number of ether oxygens (including phenoxy) is 3. The molecule has 31 heavy (non-hydrogen) atoms. The number of methoxy groups -OCH3 is 3. The lowest BCUT2D eigenvalue weighted by atomic mass is 10.0. The van der Waals surface area contributed by atoms with Gasteiger partial charge in [0.05, 0.1) is 21.3 Å². The summed E-state index contributed by atoms with van der Waals surface area (Å²) in [6.07, 6.45) is 2.08. The highest BCUT2D eigenvalue weighted by Gasteiger charge is 2.21. The SMILES string of the molecule is COc1cc(CN2CCC(NC(=S)Nc3cc(C)cc(C)c3)CC2)cc(OC)c1OC. The maximum atomic E-state index is 5.54. The van der Waals surface area contributed by atoms with Crippen molar-refractivity contribution in [3.05, 3.63) is 47.0 Å². The van der Waals surface area contributed by atoms with Gasteiger partial charge in [-0.15, -0.1) is 0 Å². The molecule has 0 bridgehead atoms. The summed E-state index contributed by atoms with van der Waals surface area (Å²) < 4.78 is 16.4. The Labute approximate surface area is 190 Å². The van der Waals surface area contributed by atoms with Crippen molar-refractivity contribution >= 4 is 23.0 Å². The monoisotopic (exact) mass is 443 g/mol. The van der Waals surface area contributed by atoms with Gasteiger partial charge in [-0.2, -0.15) is 0 Å². The van der Waals surface area contributed by atoms with E-state index in [0.717, 1.165) is 43.7 Å². The smallest absolute Gasteiger partial charge is 0.203 e. The maximum Gasteiger partial charge on any atom is 0.203 e. The molecule has 0 aromatic heterocycles. The zero-order valence-electron chi connectivity index (χ0n) is 19.1. The van der Waals surface area contributed by atoms with E-state index in [4.69, 9.17) is 26.4 Å². The van der Waals surface area contributed by atoms with Gasteiger partial charge in [0.2, 0.25) is 5.75 Å². The van der Waals surface area contributed by atoms with Crippen LogP contribution < -0.4 is 24.8 Å². The molecule has 0 saturated carbocycles. The Morgan fingerprint density at radius 1 is 0.935 bits per heavy atom. The Balaban J connectivity index is 1.52. The van der Waals surface area contributed by atoms with Crippen LogP contribution >= 0.6 is 12.2 Å². The molecule has 0 atom stereocenters. The van der Waals surface area contributed by atoms with Crippen LogP contribution in [0.4, 0.5) is 5.69 Å². The van der Waals surface area contributed by atoms with E-state index in [1.165, 1.54) is 11.1 Å². The summed E-state index contributed by atoms with van der Waals surface area (Å²) in [6.45, 7) is 7.03. The van der Waals surface area contributed by atoms with Gasteiger partial charge in [-0.05, 0) is 79.9 Å². The topological polar surface area (TPSA) is 55.0 Å². The first-order valence-corrected chi connectivity index (χ1v) is 11.0. The largest absolute Gasteiger partial charge is 0.493 e. The lowest BCUT2D eigenvalue weighted by Crippen LogP contribution is -2.45. The molecule has 1 heterocycles. The molecule has 1 saturated heterocycles. The number of nitrogens with zero attached hydrogens (tertiary/aromatic N) is 1. The molecular formula is C24H33N3O3S. The van der Waals surface area contributed by atoms with E-state index in [9.17, 15) is 0 Å². The number of piperidine rings is 1. The van der Waals surface area contributed by atoms with Gasteiger partial charge in [-0.25, -0.2) is 0 Å². The Kier molecular flexibility index (Phi) is 7.98. The Morgan fingerprint density at radius 3 is 2.03 bits per heavy atom. The van der Waals surface area contributed by atoms with Gasteiger partial charge < -0.3 is 24.8 Å².